The molecule has 1 atom stereocenters. The zero-order valence-corrected chi connectivity index (χ0v) is 12.9. The summed E-state index contributed by atoms with van der Waals surface area (Å²) in [6, 6.07) is 7.56. The fourth-order valence-electron chi connectivity index (χ4n) is 3.03. The van der Waals surface area contributed by atoms with Gasteiger partial charge in [0, 0.05) is 11.6 Å². The molecule has 0 spiro atoms. The number of hydrogen-bond donors (Lipinski definition) is 1. The molecule has 0 amide bonds. The first-order chi connectivity index (χ1) is 8.87. The molecule has 1 aliphatic carbocycles. The zero-order valence-electron chi connectivity index (χ0n) is 12.9. The molecule has 106 valence electrons. The molecule has 1 unspecified atom stereocenters. The molecular formula is C17H28N2. The van der Waals surface area contributed by atoms with E-state index in [1.807, 2.05) is 0 Å². The summed E-state index contributed by atoms with van der Waals surface area (Å²) < 4.78 is 0. The van der Waals surface area contributed by atoms with Crippen molar-refractivity contribution in [2.24, 2.45) is 5.73 Å². The molecule has 0 bridgehead atoms. The van der Waals surface area contributed by atoms with Gasteiger partial charge in [0.2, 0.25) is 0 Å². The Morgan fingerprint density at radius 1 is 1.21 bits per heavy atom. The Morgan fingerprint density at radius 3 is 2.53 bits per heavy atom. The highest BCUT2D eigenvalue weighted by Crippen LogP contribution is 2.30. The molecule has 2 N–H and O–H groups in total. The predicted octanol–water partition coefficient (Wildman–Crippen LogP) is 3.30. The minimum absolute atomic E-state index is 0.0784. The fraction of sp³-hybridized carbons (Fsp3) is 0.647. The predicted molar refractivity (Wildman–Crippen MR) is 82.4 cm³/mol. The molecule has 19 heavy (non-hydrogen) atoms. The van der Waals surface area contributed by atoms with Crippen molar-refractivity contribution < 1.29 is 0 Å². The highest BCUT2D eigenvalue weighted by molar-refractivity contribution is 5.36. The van der Waals surface area contributed by atoms with Crippen molar-refractivity contribution in [2.75, 3.05) is 14.1 Å². The van der Waals surface area contributed by atoms with Crippen LogP contribution in [-0.4, -0.2) is 24.5 Å². The molecule has 0 saturated heterocycles. The second-order valence-electron chi connectivity index (χ2n) is 6.89. The number of benzene rings is 1. The second kappa shape index (κ2) is 5.64. The molecule has 2 heteroatoms. The van der Waals surface area contributed by atoms with E-state index in [0.29, 0.717) is 6.04 Å². The average molecular weight is 260 g/mol. The molecule has 2 nitrogen and oxygen atoms in total. The first-order valence-corrected chi connectivity index (χ1v) is 7.44. The van der Waals surface area contributed by atoms with Gasteiger partial charge in [-0.2, -0.15) is 0 Å². The smallest absolute Gasteiger partial charge is 0.0342 e. The molecule has 0 radical (unpaired) electrons. The van der Waals surface area contributed by atoms with Crippen molar-refractivity contribution in [3.8, 4) is 0 Å². The number of hydrogen-bond acceptors (Lipinski definition) is 2. The van der Waals surface area contributed by atoms with E-state index >= 15 is 0 Å². The van der Waals surface area contributed by atoms with Crippen molar-refractivity contribution >= 4 is 0 Å². The largest absolute Gasteiger partial charge is 0.326 e. The summed E-state index contributed by atoms with van der Waals surface area (Å²) in [6.07, 6.45) is 6.01. The third kappa shape index (κ3) is 3.80. The molecule has 0 aromatic heterocycles. The fourth-order valence-corrected chi connectivity index (χ4v) is 3.03. The van der Waals surface area contributed by atoms with Crippen LogP contribution in [0.1, 0.15) is 55.8 Å². The van der Waals surface area contributed by atoms with Crippen LogP contribution in [0.25, 0.3) is 0 Å². The third-order valence-corrected chi connectivity index (χ3v) is 4.19. The lowest BCUT2D eigenvalue weighted by Gasteiger charge is -2.28. The summed E-state index contributed by atoms with van der Waals surface area (Å²) in [6.45, 7) is 4.23. The second-order valence-corrected chi connectivity index (χ2v) is 6.89. The van der Waals surface area contributed by atoms with E-state index in [-0.39, 0.29) is 5.54 Å². The summed E-state index contributed by atoms with van der Waals surface area (Å²) in [5.74, 6) is 0. The van der Waals surface area contributed by atoms with Gasteiger partial charge in [-0.1, -0.05) is 18.2 Å². The molecule has 0 fully saturated rings. The van der Waals surface area contributed by atoms with Gasteiger partial charge in [0.05, 0.1) is 0 Å². The van der Waals surface area contributed by atoms with E-state index in [1.165, 1.54) is 24.8 Å². The zero-order chi connectivity index (χ0) is 14.0. The third-order valence-electron chi connectivity index (χ3n) is 4.19. The van der Waals surface area contributed by atoms with E-state index < -0.39 is 0 Å². The molecule has 2 rings (SSSR count). The summed E-state index contributed by atoms with van der Waals surface area (Å²) in [4.78, 5) is 2.32. The van der Waals surface area contributed by atoms with Crippen molar-refractivity contribution in [1.82, 2.24) is 4.90 Å². The van der Waals surface area contributed by atoms with Crippen molar-refractivity contribution in [3.05, 3.63) is 34.9 Å². The maximum atomic E-state index is 6.13. The Bertz CT molecular complexity index is 429. The number of fused-ring (bicyclic) bond motifs is 1. The van der Waals surface area contributed by atoms with E-state index in [0.717, 1.165) is 12.8 Å². The first kappa shape index (κ1) is 14.5. The number of nitrogens with zero attached hydrogens (tertiary/aromatic N) is 1. The van der Waals surface area contributed by atoms with Crippen molar-refractivity contribution in [1.29, 1.82) is 0 Å². The Kier molecular flexibility index (Phi) is 4.32. The van der Waals surface area contributed by atoms with E-state index in [1.54, 1.807) is 11.1 Å². The lowest BCUT2D eigenvalue weighted by molar-refractivity contribution is 0.261. The Labute approximate surface area is 118 Å². The normalized spacial score (nSPS) is 16.7. The van der Waals surface area contributed by atoms with Crippen LogP contribution in [0, 0.1) is 0 Å². The van der Waals surface area contributed by atoms with Gasteiger partial charge in [-0.05, 0) is 76.7 Å². The average Bonchev–Trinajstić information content (AvgIpc) is 2.74. The minimum Gasteiger partial charge on any atom is -0.326 e. The van der Waals surface area contributed by atoms with Crippen LogP contribution in [0.5, 0.6) is 0 Å². The quantitative estimate of drug-likeness (QED) is 0.880. The molecule has 0 heterocycles. The van der Waals surface area contributed by atoms with Gasteiger partial charge in [0.15, 0.2) is 0 Å². The van der Waals surface area contributed by atoms with Crippen LogP contribution in [0.4, 0.5) is 0 Å². The molecular weight excluding hydrogens is 232 g/mol. The van der Waals surface area contributed by atoms with E-state index in [2.05, 4.69) is 51.0 Å². The van der Waals surface area contributed by atoms with Gasteiger partial charge in [0.1, 0.15) is 0 Å². The van der Waals surface area contributed by atoms with Crippen LogP contribution in [0.2, 0.25) is 0 Å². The van der Waals surface area contributed by atoms with Gasteiger partial charge in [-0.25, -0.2) is 0 Å². The maximum absolute atomic E-state index is 6.13. The van der Waals surface area contributed by atoms with Crippen LogP contribution < -0.4 is 5.73 Å². The van der Waals surface area contributed by atoms with Crippen LogP contribution >= 0.6 is 0 Å². The number of aryl methyl sites for hydroxylation is 2. The monoisotopic (exact) mass is 260 g/mol. The molecule has 0 saturated carbocycles. The van der Waals surface area contributed by atoms with Crippen molar-refractivity contribution in [3.63, 3.8) is 0 Å². The summed E-state index contributed by atoms with van der Waals surface area (Å²) in [7, 11) is 4.34. The number of rotatable bonds is 5. The topological polar surface area (TPSA) is 29.3 Å². The van der Waals surface area contributed by atoms with Crippen LogP contribution in [0.3, 0.4) is 0 Å². The lowest BCUT2D eigenvalue weighted by atomic mass is 9.91. The molecule has 1 aromatic rings. The first-order valence-electron chi connectivity index (χ1n) is 7.44. The highest BCUT2D eigenvalue weighted by Gasteiger charge is 2.20. The van der Waals surface area contributed by atoms with Crippen molar-refractivity contribution in [2.45, 2.75) is 57.5 Å². The van der Waals surface area contributed by atoms with Crippen LogP contribution in [-0.2, 0) is 12.8 Å². The highest BCUT2D eigenvalue weighted by atomic mass is 15.1. The molecule has 0 aliphatic heterocycles. The van der Waals surface area contributed by atoms with E-state index in [4.69, 9.17) is 5.73 Å². The van der Waals surface area contributed by atoms with Gasteiger partial charge < -0.3 is 10.6 Å². The van der Waals surface area contributed by atoms with Gasteiger partial charge in [0.25, 0.3) is 0 Å². The number of nitrogens with two attached hydrogens (primary N) is 1. The van der Waals surface area contributed by atoms with Gasteiger partial charge in [-0.3, -0.25) is 0 Å². The molecule has 1 aliphatic rings. The lowest BCUT2D eigenvalue weighted by Crippen LogP contribution is -2.33. The summed E-state index contributed by atoms with van der Waals surface area (Å²) in [5.41, 5.74) is 10.6. The van der Waals surface area contributed by atoms with Gasteiger partial charge in [-0.15, -0.1) is 0 Å². The summed E-state index contributed by atoms with van der Waals surface area (Å²) >= 11 is 0. The minimum atomic E-state index is -0.0784. The van der Waals surface area contributed by atoms with Crippen LogP contribution in [0.15, 0.2) is 18.2 Å². The standard InChI is InChI=1S/C17H28N2/c1-17(2,18)11-10-16(19(3)4)15-9-8-13-6-5-7-14(13)12-15/h8-9,12,16H,5-7,10-11,18H2,1-4H3. The Morgan fingerprint density at radius 2 is 1.89 bits per heavy atom. The van der Waals surface area contributed by atoms with Gasteiger partial charge >= 0.3 is 0 Å². The Balaban J connectivity index is 2.15. The SMILES string of the molecule is CN(C)C(CCC(C)(C)N)c1ccc2c(c1)CCC2. The maximum Gasteiger partial charge on any atom is 0.0342 e. The molecule has 1 aromatic carbocycles. The summed E-state index contributed by atoms with van der Waals surface area (Å²) in [5, 5.41) is 0. The Hall–Kier alpha value is -0.860. The van der Waals surface area contributed by atoms with E-state index in [9.17, 15) is 0 Å².